The Morgan fingerprint density at radius 1 is 0.947 bits per heavy atom. The minimum atomic E-state index is -0.784. The van der Waals surface area contributed by atoms with Gasteiger partial charge in [-0.05, 0) is 65.9 Å². The second-order valence-electron chi connectivity index (χ2n) is 9.70. The predicted molar refractivity (Wildman–Crippen MR) is 144 cm³/mol. The minimum absolute atomic E-state index is 0.0336. The number of amides is 1. The first kappa shape index (κ1) is 26.7. The van der Waals surface area contributed by atoms with Gasteiger partial charge in [0.15, 0.2) is 0 Å². The first-order valence-electron chi connectivity index (χ1n) is 12.5. The highest BCUT2D eigenvalue weighted by Crippen LogP contribution is 2.41. The zero-order chi connectivity index (χ0) is 27.4. The van der Waals surface area contributed by atoms with Crippen molar-refractivity contribution in [2.24, 2.45) is 5.92 Å². The van der Waals surface area contributed by atoms with Crippen LogP contribution in [0.2, 0.25) is 0 Å². The Morgan fingerprint density at radius 2 is 1.58 bits per heavy atom. The third kappa shape index (κ3) is 5.47. The molecule has 1 fully saturated rings. The third-order valence-corrected chi connectivity index (χ3v) is 6.46. The number of likely N-dealkylation sites (tertiary alicyclic amines) is 1. The fourth-order valence-corrected chi connectivity index (χ4v) is 4.45. The van der Waals surface area contributed by atoms with E-state index in [1.807, 2.05) is 31.2 Å². The van der Waals surface area contributed by atoms with Crippen molar-refractivity contribution < 1.29 is 29.0 Å². The highest BCUT2D eigenvalue weighted by Gasteiger charge is 2.46. The number of aryl methyl sites for hydroxylation is 1. The van der Waals surface area contributed by atoms with Crippen molar-refractivity contribution in [2.45, 2.75) is 33.4 Å². The summed E-state index contributed by atoms with van der Waals surface area (Å²) in [7, 11) is 1.31. The van der Waals surface area contributed by atoms with E-state index in [4.69, 9.17) is 9.47 Å². The molecule has 1 N–H and O–H groups in total. The Hall–Kier alpha value is -4.39. The number of aliphatic hydroxyl groups is 1. The van der Waals surface area contributed by atoms with E-state index in [0.717, 1.165) is 16.7 Å². The number of ether oxygens (including phenoxy) is 2. The fraction of sp³-hybridized carbons (Fsp3) is 0.258. The summed E-state index contributed by atoms with van der Waals surface area (Å²) in [5.41, 5.74) is 3.19. The number of carbonyl (C=O) groups is 3. The van der Waals surface area contributed by atoms with Crippen molar-refractivity contribution in [1.29, 1.82) is 0 Å². The zero-order valence-electron chi connectivity index (χ0n) is 21.9. The molecular weight excluding hydrogens is 482 g/mol. The maximum Gasteiger partial charge on any atom is 0.337 e. The van der Waals surface area contributed by atoms with Gasteiger partial charge < -0.3 is 19.5 Å². The van der Waals surface area contributed by atoms with Crippen LogP contribution in [0.25, 0.3) is 5.76 Å². The van der Waals surface area contributed by atoms with Crippen molar-refractivity contribution in [1.82, 2.24) is 4.90 Å². The van der Waals surface area contributed by atoms with Gasteiger partial charge >= 0.3 is 5.97 Å². The first-order chi connectivity index (χ1) is 18.2. The lowest BCUT2D eigenvalue weighted by Gasteiger charge is -2.26. The topological polar surface area (TPSA) is 93.1 Å². The van der Waals surface area contributed by atoms with Gasteiger partial charge in [-0.3, -0.25) is 9.59 Å². The van der Waals surface area contributed by atoms with Gasteiger partial charge in [-0.1, -0.05) is 50.2 Å². The van der Waals surface area contributed by atoms with E-state index in [-0.39, 0.29) is 17.9 Å². The number of carbonyl (C=O) groups excluding carboxylic acids is 3. The second-order valence-corrected chi connectivity index (χ2v) is 9.70. The van der Waals surface area contributed by atoms with Gasteiger partial charge in [-0.15, -0.1) is 0 Å². The van der Waals surface area contributed by atoms with E-state index < -0.39 is 23.7 Å². The summed E-state index contributed by atoms with van der Waals surface area (Å²) < 4.78 is 10.5. The molecule has 0 aromatic heterocycles. The third-order valence-electron chi connectivity index (χ3n) is 6.46. The lowest BCUT2D eigenvalue weighted by atomic mass is 9.92. The van der Waals surface area contributed by atoms with Crippen LogP contribution in [0.5, 0.6) is 5.75 Å². The molecule has 1 heterocycles. The van der Waals surface area contributed by atoms with Crippen LogP contribution in [0, 0.1) is 12.8 Å². The maximum atomic E-state index is 13.3. The molecule has 1 unspecified atom stereocenters. The van der Waals surface area contributed by atoms with Crippen LogP contribution in [-0.4, -0.2) is 41.4 Å². The molecule has 1 aliphatic heterocycles. The van der Waals surface area contributed by atoms with Crippen LogP contribution in [0.4, 0.5) is 0 Å². The Bertz CT molecular complexity index is 1370. The molecule has 7 nitrogen and oxygen atoms in total. The quantitative estimate of drug-likeness (QED) is 0.187. The molecule has 0 aliphatic carbocycles. The maximum absolute atomic E-state index is 13.3. The van der Waals surface area contributed by atoms with Crippen molar-refractivity contribution in [3.63, 3.8) is 0 Å². The molecule has 1 aliphatic rings. The molecular formula is C31H31NO6. The van der Waals surface area contributed by atoms with Crippen molar-refractivity contribution >= 4 is 23.4 Å². The second kappa shape index (κ2) is 11.3. The summed E-state index contributed by atoms with van der Waals surface area (Å²) >= 11 is 0. The standard InChI is InChI=1S/C31H31NO6/c1-19(2)18-38-24-15-13-22(14-16-24)28(33)26-27(25-8-6-5-7-20(25)3)32(30(35)29(26)34)17-21-9-11-23(12-10-21)31(36)37-4/h5-16,19,27,33H,17-18H2,1-4H3/b28-26+. The van der Waals surface area contributed by atoms with Gasteiger partial charge in [0.05, 0.1) is 30.9 Å². The van der Waals surface area contributed by atoms with E-state index in [2.05, 4.69) is 13.8 Å². The molecule has 0 radical (unpaired) electrons. The van der Waals surface area contributed by atoms with Crippen LogP contribution in [0.3, 0.4) is 0 Å². The molecule has 0 spiro atoms. The monoisotopic (exact) mass is 513 g/mol. The van der Waals surface area contributed by atoms with E-state index in [1.165, 1.54) is 12.0 Å². The number of hydrogen-bond acceptors (Lipinski definition) is 6. The number of aliphatic hydroxyl groups excluding tert-OH is 1. The Labute approximate surface area is 222 Å². The molecule has 1 saturated heterocycles. The first-order valence-corrected chi connectivity index (χ1v) is 12.5. The average molecular weight is 514 g/mol. The van der Waals surface area contributed by atoms with Crippen LogP contribution in [0.15, 0.2) is 78.4 Å². The van der Waals surface area contributed by atoms with E-state index in [1.54, 1.807) is 48.5 Å². The molecule has 196 valence electrons. The van der Waals surface area contributed by atoms with E-state index in [0.29, 0.717) is 29.4 Å². The number of Topliss-reactive ketones (excluding diaryl/α,β-unsaturated/α-hetero) is 1. The summed E-state index contributed by atoms with van der Waals surface area (Å²) in [6.45, 7) is 6.69. The van der Waals surface area contributed by atoms with Crippen LogP contribution in [-0.2, 0) is 20.9 Å². The molecule has 4 rings (SSSR count). The Balaban J connectivity index is 1.74. The largest absolute Gasteiger partial charge is 0.507 e. The highest BCUT2D eigenvalue weighted by atomic mass is 16.5. The Morgan fingerprint density at radius 3 is 2.18 bits per heavy atom. The van der Waals surface area contributed by atoms with Crippen molar-refractivity contribution in [3.8, 4) is 5.75 Å². The van der Waals surface area contributed by atoms with Gasteiger partial charge in [-0.2, -0.15) is 0 Å². The average Bonchev–Trinajstić information content (AvgIpc) is 3.16. The van der Waals surface area contributed by atoms with Crippen molar-refractivity contribution in [3.05, 3.63) is 106 Å². The van der Waals surface area contributed by atoms with Gasteiger partial charge in [0.25, 0.3) is 11.7 Å². The number of rotatable bonds is 8. The summed E-state index contributed by atoms with van der Waals surface area (Å²) in [5.74, 6) is -1.13. The van der Waals surface area contributed by atoms with Crippen LogP contribution >= 0.6 is 0 Å². The number of ketones is 1. The smallest absolute Gasteiger partial charge is 0.337 e. The minimum Gasteiger partial charge on any atom is -0.507 e. The Kier molecular flexibility index (Phi) is 7.96. The number of nitrogens with zero attached hydrogens (tertiary/aromatic N) is 1. The number of esters is 1. The fourth-order valence-electron chi connectivity index (χ4n) is 4.45. The van der Waals surface area contributed by atoms with Gasteiger partial charge in [0, 0.05) is 12.1 Å². The molecule has 0 saturated carbocycles. The van der Waals surface area contributed by atoms with Gasteiger partial charge in [0.1, 0.15) is 11.5 Å². The summed E-state index contributed by atoms with van der Waals surface area (Å²) in [6, 6.07) is 20.2. The molecule has 38 heavy (non-hydrogen) atoms. The normalized spacial score (nSPS) is 16.7. The molecule has 7 heteroatoms. The van der Waals surface area contributed by atoms with Crippen LogP contribution < -0.4 is 4.74 Å². The number of hydrogen-bond donors (Lipinski definition) is 1. The molecule has 3 aromatic rings. The SMILES string of the molecule is COC(=O)c1ccc(CN2C(=O)C(=O)/C(=C(/O)c3ccc(OCC(C)C)cc3)C2c2ccccc2C)cc1. The molecule has 1 amide bonds. The van der Waals surface area contributed by atoms with Crippen molar-refractivity contribution in [2.75, 3.05) is 13.7 Å². The lowest BCUT2D eigenvalue weighted by Crippen LogP contribution is -2.29. The highest BCUT2D eigenvalue weighted by molar-refractivity contribution is 6.46. The summed E-state index contributed by atoms with van der Waals surface area (Å²) in [4.78, 5) is 39.9. The van der Waals surface area contributed by atoms with E-state index >= 15 is 0 Å². The number of benzene rings is 3. The predicted octanol–water partition coefficient (Wildman–Crippen LogP) is 5.44. The van der Waals surface area contributed by atoms with Gasteiger partial charge in [0.2, 0.25) is 0 Å². The summed E-state index contributed by atoms with van der Waals surface area (Å²) in [5, 5.41) is 11.3. The van der Waals surface area contributed by atoms with Gasteiger partial charge in [-0.25, -0.2) is 4.79 Å². The molecule has 1 atom stereocenters. The number of methoxy groups -OCH3 is 1. The summed E-state index contributed by atoms with van der Waals surface area (Å²) in [6.07, 6.45) is 0. The zero-order valence-corrected chi connectivity index (χ0v) is 21.9. The molecule has 3 aromatic carbocycles. The van der Waals surface area contributed by atoms with E-state index in [9.17, 15) is 19.5 Å². The lowest BCUT2D eigenvalue weighted by molar-refractivity contribution is -0.140. The van der Waals surface area contributed by atoms with Crippen LogP contribution in [0.1, 0.15) is 52.5 Å². The molecule has 0 bridgehead atoms.